The van der Waals surface area contributed by atoms with Crippen molar-refractivity contribution in [3.05, 3.63) is 29.8 Å². The van der Waals surface area contributed by atoms with Gasteiger partial charge in [-0.2, -0.15) is 0 Å². The number of hydrogen-bond donors (Lipinski definition) is 1. The quantitative estimate of drug-likeness (QED) is 0.572. The van der Waals surface area contributed by atoms with E-state index in [0.29, 0.717) is 11.9 Å². The Hall–Kier alpha value is -0.690. The fraction of sp³-hybridized carbons (Fsp3) is 0.455. The summed E-state index contributed by atoms with van der Waals surface area (Å²) >= 11 is 5.55. The molecule has 0 aliphatic heterocycles. The van der Waals surface area contributed by atoms with Crippen LogP contribution in [0.3, 0.4) is 0 Å². The molecule has 72 valence electrons. The summed E-state index contributed by atoms with van der Waals surface area (Å²) in [7, 11) is 0. The first kappa shape index (κ1) is 10.4. The Bertz CT molecular complexity index is 243. The first-order chi connectivity index (χ1) is 6.27. The molecule has 0 fully saturated rings. The predicted molar refractivity (Wildman–Crippen MR) is 59.5 cm³/mol. The van der Waals surface area contributed by atoms with Crippen LogP contribution in [0.25, 0.3) is 0 Å². The van der Waals surface area contributed by atoms with Crippen LogP contribution in [0.2, 0.25) is 0 Å². The smallest absolute Gasteiger partial charge is 0.0901 e. The molecule has 0 bridgehead atoms. The van der Waals surface area contributed by atoms with E-state index in [1.54, 1.807) is 0 Å². The zero-order chi connectivity index (χ0) is 9.68. The number of halogens is 1. The molecular weight excluding hydrogens is 182 g/mol. The van der Waals surface area contributed by atoms with Crippen molar-refractivity contribution in [1.29, 1.82) is 0 Å². The average Bonchev–Trinajstić information content (AvgIpc) is 2.18. The fourth-order valence-corrected chi connectivity index (χ4v) is 1.40. The molecule has 0 saturated carbocycles. The SMILES string of the molecule is CCC(C)c1ccc(NCCl)cc1. The summed E-state index contributed by atoms with van der Waals surface area (Å²) in [5.74, 6) is 0.644. The third-order valence-electron chi connectivity index (χ3n) is 2.36. The molecule has 1 nitrogen and oxygen atoms in total. The molecule has 1 aromatic rings. The van der Waals surface area contributed by atoms with Crippen molar-refractivity contribution in [3.63, 3.8) is 0 Å². The second kappa shape index (κ2) is 5.13. The normalized spacial score (nSPS) is 12.5. The maximum absolute atomic E-state index is 5.55. The van der Waals surface area contributed by atoms with Crippen LogP contribution >= 0.6 is 11.6 Å². The van der Waals surface area contributed by atoms with Crippen LogP contribution in [0, 0.1) is 0 Å². The molecule has 1 aromatic carbocycles. The molecule has 0 radical (unpaired) electrons. The standard InChI is InChI=1S/C11H16ClN/c1-3-9(2)10-4-6-11(7-5-10)13-8-12/h4-7,9,13H,3,8H2,1-2H3. The zero-order valence-electron chi connectivity index (χ0n) is 8.18. The summed E-state index contributed by atoms with van der Waals surface area (Å²) in [5, 5.41) is 3.06. The molecule has 0 aromatic heterocycles. The van der Waals surface area contributed by atoms with E-state index in [-0.39, 0.29) is 0 Å². The van der Waals surface area contributed by atoms with Crippen LogP contribution in [-0.4, -0.2) is 6.00 Å². The van der Waals surface area contributed by atoms with Gasteiger partial charge in [-0.05, 0) is 30.0 Å². The van der Waals surface area contributed by atoms with Crippen LogP contribution < -0.4 is 5.32 Å². The van der Waals surface area contributed by atoms with Gasteiger partial charge in [0.1, 0.15) is 0 Å². The van der Waals surface area contributed by atoms with Crippen LogP contribution in [0.4, 0.5) is 5.69 Å². The molecule has 0 saturated heterocycles. The predicted octanol–water partition coefficient (Wildman–Crippen LogP) is 3.81. The summed E-state index contributed by atoms with van der Waals surface area (Å²) < 4.78 is 0. The minimum absolute atomic E-state index is 0.461. The number of benzene rings is 1. The number of nitrogens with one attached hydrogen (secondary N) is 1. The Labute approximate surface area is 85.1 Å². The van der Waals surface area contributed by atoms with Crippen molar-refractivity contribution in [2.75, 3.05) is 11.3 Å². The Balaban J connectivity index is 2.69. The van der Waals surface area contributed by atoms with Crippen molar-refractivity contribution in [1.82, 2.24) is 0 Å². The molecule has 0 spiro atoms. The highest BCUT2D eigenvalue weighted by molar-refractivity contribution is 6.18. The van der Waals surface area contributed by atoms with Gasteiger partial charge in [0.05, 0.1) is 6.00 Å². The van der Waals surface area contributed by atoms with Gasteiger partial charge in [-0.25, -0.2) is 0 Å². The number of alkyl halides is 1. The Morgan fingerprint density at radius 2 is 1.92 bits per heavy atom. The lowest BCUT2D eigenvalue weighted by Gasteiger charge is -2.09. The van der Waals surface area contributed by atoms with E-state index in [4.69, 9.17) is 11.6 Å². The van der Waals surface area contributed by atoms with Gasteiger partial charge in [0.15, 0.2) is 0 Å². The van der Waals surface area contributed by atoms with E-state index in [9.17, 15) is 0 Å². The van der Waals surface area contributed by atoms with Crippen LogP contribution in [0.5, 0.6) is 0 Å². The lowest BCUT2D eigenvalue weighted by molar-refractivity contribution is 0.734. The minimum atomic E-state index is 0.461. The summed E-state index contributed by atoms with van der Waals surface area (Å²) in [6.07, 6.45) is 1.18. The molecule has 1 rings (SSSR count). The second-order valence-electron chi connectivity index (χ2n) is 3.24. The largest absolute Gasteiger partial charge is 0.372 e. The molecule has 0 aliphatic rings. The van der Waals surface area contributed by atoms with Gasteiger partial charge in [-0.15, -0.1) is 11.6 Å². The molecule has 0 amide bonds. The van der Waals surface area contributed by atoms with Gasteiger partial charge in [0, 0.05) is 5.69 Å². The van der Waals surface area contributed by atoms with E-state index in [1.165, 1.54) is 12.0 Å². The topological polar surface area (TPSA) is 12.0 Å². The van der Waals surface area contributed by atoms with E-state index >= 15 is 0 Å². The van der Waals surface area contributed by atoms with Gasteiger partial charge in [-0.1, -0.05) is 26.0 Å². The number of hydrogen-bond acceptors (Lipinski definition) is 1. The van der Waals surface area contributed by atoms with Gasteiger partial charge in [0.25, 0.3) is 0 Å². The third kappa shape index (κ3) is 2.92. The summed E-state index contributed by atoms with van der Waals surface area (Å²) in [4.78, 5) is 0. The van der Waals surface area contributed by atoms with E-state index in [0.717, 1.165) is 5.69 Å². The second-order valence-corrected chi connectivity index (χ2v) is 3.51. The first-order valence-corrected chi connectivity index (χ1v) is 5.21. The Morgan fingerprint density at radius 3 is 2.38 bits per heavy atom. The molecule has 0 heterocycles. The lowest BCUT2D eigenvalue weighted by Crippen LogP contribution is -1.95. The first-order valence-electron chi connectivity index (χ1n) is 4.67. The van der Waals surface area contributed by atoms with Crippen LogP contribution in [0.1, 0.15) is 31.7 Å². The average molecular weight is 198 g/mol. The van der Waals surface area contributed by atoms with Crippen LogP contribution in [0.15, 0.2) is 24.3 Å². The van der Waals surface area contributed by atoms with E-state index in [1.807, 2.05) is 0 Å². The highest BCUT2D eigenvalue weighted by atomic mass is 35.5. The van der Waals surface area contributed by atoms with Gasteiger partial charge >= 0.3 is 0 Å². The molecule has 0 aliphatic carbocycles. The van der Waals surface area contributed by atoms with Crippen molar-refractivity contribution in [2.24, 2.45) is 0 Å². The zero-order valence-corrected chi connectivity index (χ0v) is 8.93. The molecule has 2 heteroatoms. The molecule has 1 atom stereocenters. The highest BCUT2D eigenvalue weighted by Crippen LogP contribution is 2.20. The third-order valence-corrected chi connectivity index (χ3v) is 2.50. The van der Waals surface area contributed by atoms with Crippen molar-refractivity contribution >= 4 is 17.3 Å². The molecule has 13 heavy (non-hydrogen) atoms. The summed E-state index contributed by atoms with van der Waals surface area (Å²) in [5.41, 5.74) is 2.48. The molecular formula is C11H16ClN. The molecule has 1 unspecified atom stereocenters. The monoisotopic (exact) mass is 197 g/mol. The lowest BCUT2D eigenvalue weighted by atomic mass is 9.99. The maximum atomic E-state index is 5.55. The van der Waals surface area contributed by atoms with Crippen LogP contribution in [-0.2, 0) is 0 Å². The summed E-state index contributed by atoms with van der Waals surface area (Å²) in [6.45, 7) is 4.44. The van der Waals surface area contributed by atoms with Gasteiger partial charge < -0.3 is 5.32 Å². The number of rotatable bonds is 4. The highest BCUT2D eigenvalue weighted by Gasteiger charge is 2.01. The van der Waals surface area contributed by atoms with Crippen molar-refractivity contribution in [3.8, 4) is 0 Å². The van der Waals surface area contributed by atoms with Crippen molar-refractivity contribution < 1.29 is 0 Å². The summed E-state index contributed by atoms with van der Waals surface area (Å²) in [6, 6.07) is 8.92. The van der Waals surface area contributed by atoms with E-state index < -0.39 is 0 Å². The fourth-order valence-electron chi connectivity index (χ4n) is 1.24. The van der Waals surface area contributed by atoms with Gasteiger partial charge in [0.2, 0.25) is 0 Å². The minimum Gasteiger partial charge on any atom is -0.372 e. The van der Waals surface area contributed by atoms with E-state index in [2.05, 4.69) is 43.4 Å². The Morgan fingerprint density at radius 1 is 1.31 bits per heavy atom. The van der Waals surface area contributed by atoms with Gasteiger partial charge in [-0.3, -0.25) is 0 Å². The molecule has 1 N–H and O–H groups in total. The maximum Gasteiger partial charge on any atom is 0.0901 e. The van der Waals surface area contributed by atoms with Crippen molar-refractivity contribution in [2.45, 2.75) is 26.2 Å². The Kier molecular flexibility index (Phi) is 4.10. The number of anilines is 1.